The van der Waals surface area contributed by atoms with Crippen LogP contribution in [0.1, 0.15) is 20.2 Å². The van der Waals surface area contributed by atoms with Gasteiger partial charge in [0.2, 0.25) is 5.78 Å². The second-order valence-corrected chi connectivity index (χ2v) is 5.37. The third-order valence-corrected chi connectivity index (χ3v) is 3.84. The van der Waals surface area contributed by atoms with Gasteiger partial charge in [-0.15, -0.1) is 11.3 Å². The molecule has 0 amide bonds. The molecule has 0 unspecified atom stereocenters. The van der Waals surface area contributed by atoms with Crippen molar-refractivity contribution in [1.82, 2.24) is 4.98 Å². The van der Waals surface area contributed by atoms with E-state index in [0.29, 0.717) is 0 Å². The molecule has 0 atom stereocenters. The fourth-order valence-electron chi connectivity index (χ4n) is 1.32. The maximum atomic E-state index is 12.9. The van der Waals surface area contributed by atoms with Gasteiger partial charge in [-0.05, 0) is 34.1 Å². The quantitative estimate of drug-likeness (QED) is 0.595. The van der Waals surface area contributed by atoms with E-state index in [0.717, 1.165) is 18.3 Å². The normalized spacial score (nSPS) is 11.6. The van der Waals surface area contributed by atoms with E-state index in [2.05, 4.69) is 20.9 Å². The first kappa shape index (κ1) is 14.1. The van der Waals surface area contributed by atoms with Gasteiger partial charge in [0, 0.05) is 16.2 Å². The zero-order chi connectivity index (χ0) is 14.2. The SMILES string of the molecule is O=C(c1cnc(C(F)(F)F)s1)c1ccc(F)cc1Br. The molecule has 0 aliphatic heterocycles. The number of hydrogen-bond acceptors (Lipinski definition) is 3. The van der Waals surface area contributed by atoms with Gasteiger partial charge < -0.3 is 0 Å². The first-order chi connectivity index (χ1) is 8.79. The number of aromatic nitrogens is 1. The Labute approximate surface area is 117 Å². The van der Waals surface area contributed by atoms with Gasteiger partial charge in [0.25, 0.3) is 0 Å². The van der Waals surface area contributed by atoms with Gasteiger partial charge in [0.15, 0.2) is 5.01 Å². The maximum Gasteiger partial charge on any atom is 0.443 e. The maximum absolute atomic E-state index is 12.9. The number of ketones is 1. The largest absolute Gasteiger partial charge is 0.443 e. The fraction of sp³-hybridized carbons (Fsp3) is 0.0909. The van der Waals surface area contributed by atoms with E-state index in [-0.39, 0.29) is 26.3 Å². The highest BCUT2D eigenvalue weighted by Crippen LogP contribution is 2.33. The molecule has 2 nitrogen and oxygen atoms in total. The second kappa shape index (κ2) is 5.01. The minimum absolute atomic E-state index is 0.0822. The molecule has 0 radical (unpaired) electrons. The van der Waals surface area contributed by atoms with Crippen LogP contribution < -0.4 is 0 Å². The van der Waals surface area contributed by atoms with Crippen molar-refractivity contribution >= 4 is 33.0 Å². The number of carbonyl (C=O) groups is 1. The topological polar surface area (TPSA) is 30.0 Å². The fourth-order valence-corrected chi connectivity index (χ4v) is 2.58. The molecule has 0 fully saturated rings. The summed E-state index contributed by atoms with van der Waals surface area (Å²) >= 11 is 3.25. The Hall–Kier alpha value is -1.28. The predicted octanol–water partition coefficient (Wildman–Crippen LogP) is 4.29. The van der Waals surface area contributed by atoms with E-state index in [9.17, 15) is 22.4 Å². The number of halogens is 5. The highest BCUT2D eigenvalue weighted by molar-refractivity contribution is 9.10. The highest BCUT2D eigenvalue weighted by Gasteiger charge is 2.35. The summed E-state index contributed by atoms with van der Waals surface area (Å²) in [7, 11) is 0. The molecule has 19 heavy (non-hydrogen) atoms. The van der Waals surface area contributed by atoms with E-state index in [1.165, 1.54) is 6.07 Å². The Bertz CT molecular complexity index is 638. The number of hydrogen-bond donors (Lipinski definition) is 0. The minimum atomic E-state index is -4.58. The number of benzene rings is 1. The summed E-state index contributed by atoms with van der Waals surface area (Å²) in [6.45, 7) is 0. The zero-order valence-corrected chi connectivity index (χ0v) is 11.4. The van der Waals surface area contributed by atoms with Crippen LogP contribution >= 0.6 is 27.3 Å². The lowest BCUT2D eigenvalue weighted by molar-refractivity contribution is -0.137. The number of carbonyl (C=O) groups excluding carboxylic acids is 1. The van der Waals surface area contributed by atoms with Crippen molar-refractivity contribution in [2.24, 2.45) is 0 Å². The lowest BCUT2D eigenvalue weighted by Crippen LogP contribution is -2.03. The monoisotopic (exact) mass is 353 g/mol. The van der Waals surface area contributed by atoms with Gasteiger partial charge in [-0.25, -0.2) is 9.37 Å². The molecule has 0 N–H and O–H groups in total. The lowest BCUT2D eigenvalue weighted by Gasteiger charge is -2.01. The average molecular weight is 354 g/mol. The molecule has 0 aliphatic carbocycles. The minimum Gasteiger partial charge on any atom is -0.288 e. The molecular formula is C11H4BrF4NOS. The number of thiazole rings is 1. The van der Waals surface area contributed by atoms with Crippen LogP contribution in [-0.4, -0.2) is 10.8 Å². The third-order valence-electron chi connectivity index (χ3n) is 2.15. The molecule has 0 bridgehead atoms. The molecule has 2 aromatic rings. The van der Waals surface area contributed by atoms with Crippen LogP contribution in [0.15, 0.2) is 28.9 Å². The Kier molecular flexibility index (Phi) is 3.73. The Balaban J connectivity index is 2.37. The molecule has 0 saturated heterocycles. The number of alkyl halides is 3. The predicted molar refractivity (Wildman–Crippen MR) is 64.6 cm³/mol. The van der Waals surface area contributed by atoms with Crippen molar-refractivity contribution < 1.29 is 22.4 Å². The second-order valence-electron chi connectivity index (χ2n) is 3.48. The van der Waals surface area contributed by atoms with E-state index < -0.39 is 22.8 Å². The summed E-state index contributed by atoms with van der Waals surface area (Å²) in [6.07, 6.45) is -3.71. The summed E-state index contributed by atoms with van der Waals surface area (Å²) in [6, 6.07) is 3.33. The van der Waals surface area contributed by atoms with Gasteiger partial charge in [-0.1, -0.05) is 0 Å². The third kappa shape index (κ3) is 3.01. The van der Waals surface area contributed by atoms with Crippen molar-refractivity contribution in [2.45, 2.75) is 6.18 Å². The smallest absolute Gasteiger partial charge is 0.288 e. The first-order valence-corrected chi connectivity index (χ1v) is 6.43. The molecule has 8 heteroatoms. The van der Waals surface area contributed by atoms with Crippen molar-refractivity contribution in [1.29, 1.82) is 0 Å². The molecule has 2 rings (SSSR count). The molecule has 0 aliphatic rings. The van der Waals surface area contributed by atoms with E-state index in [1.807, 2.05) is 0 Å². The molecule has 0 spiro atoms. The summed E-state index contributed by atoms with van der Waals surface area (Å²) in [4.78, 5) is 15.0. The van der Waals surface area contributed by atoms with Gasteiger partial charge in [0.1, 0.15) is 5.82 Å². The molecule has 1 heterocycles. The van der Waals surface area contributed by atoms with Crippen LogP contribution in [0.5, 0.6) is 0 Å². The van der Waals surface area contributed by atoms with Crippen LogP contribution in [0.2, 0.25) is 0 Å². The average Bonchev–Trinajstić information content (AvgIpc) is 2.76. The molecule has 1 aromatic carbocycles. The van der Waals surface area contributed by atoms with Crippen molar-refractivity contribution in [2.75, 3.05) is 0 Å². The lowest BCUT2D eigenvalue weighted by atomic mass is 10.1. The summed E-state index contributed by atoms with van der Waals surface area (Å²) in [5, 5.41) is -1.09. The van der Waals surface area contributed by atoms with Gasteiger partial charge in [-0.3, -0.25) is 4.79 Å². The number of rotatable bonds is 2. The summed E-state index contributed by atoms with van der Waals surface area (Å²) in [5.74, 6) is -1.19. The zero-order valence-electron chi connectivity index (χ0n) is 8.96. The van der Waals surface area contributed by atoms with Crippen molar-refractivity contribution in [3.8, 4) is 0 Å². The Morgan fingerprint density at radius 3 is 2.53 bits per heavy atom. The molecule has 100 valence electrons. The molecular weight excluding hydrogens is 350 g/mol. The van der Waals surface area contributed by atoms with Crippen LogP contribution in [0.3, 0.4) is 0 Å². The first-order valence-electron chi connectivity index (χ1n) is 4.82. The van der Waals surface area contributed by atoms with Gasteiger partial charge in [0.05, 0.1) is 4.88 Å². The van der Waals surface area contributed by atoms with Crippen molar-refractivity contribution in [3.05, 3.63) is 50.1 Å². The Morgan fingerprint density at radius 1 is 1.32 bits per heavy atom. The van der Waals surface area contributed by atoms with Crippen molar-refractivity contribution in [3.63, 3.8) is 0 Å². The summed E-state index contributed by atoms with van der Waals surface area (Å²) < 4.78 is 50.2. The van der Waals surface area contributed by atoms with Crippen LogP contribution in [0.25, 0.3) is 0 Å². The van der Waals surface area contributed by atoms with Crippen LogP contribution in [-0.2, 0) is 6.18 Å². The van der Waals surface area contributed by atoms with Gasteiger partial charge >= 0.3 is 6.18 Å². The highest BCUT2D eigenvalue weighted by atomic mass is 79.9. The van der Waals surface area contributed by atoms with E-state index in [1.54, 1.807) is 0 Å². The van der Waals surface area contributed by atoms with E-state index in [4.69, 9.17) is 0 Å². The Morgan fingerprint density at radius 2 is 2.00 bits per heavy atom. The van der Waals surface area contributed by atoms with Crippen LogP contribution in [0, 0.1) is 5.82 Å². The van der Waals surface area contributed by atoms with Gasteiger partial charge in [-0.2, -0.15) is 13.2 Å². The molecule has 1 aromatic heterocycles. The number of nitrogens with zero attached hydrogens (tertiary/aromatic N) is 1. The van der Waals surface area contributed by atoms with E-state index >= 15 is 0 Å². The summed E-state index contributed by atoms with van der Waals surface area (Å²) in [5.41, 5.74) is 0.0822. The molecule has 0 saturated carbocycles. The van der Waals surface area contributed by atoms with Crippen LogP contribution in [0.4, 0.5) is 17.6 Å². The standard InChI is InChI=1S/C11H4BrF4NOS/c12-7-3-5(13)1-2-6(7)9(18)8-4-17-10(19-8)11(14,15)16/h1-4H.